The number of likely N-dealkylation sites (tertiary alicyclic amines) is 1. The maximum absolute atomic E-state index is 12.5. The smallest absolute Gasteiger partial charge is 0.227 e. The van der Waals surface area contributed by atoms with Crippen molar-refractivity contribution in [2.75, 3.05) is 26.7 Å². The number of likely N-dealkylation sites (N-methyl/N-ethyl adjacent to an activating group) is 1. The van der Waals surface area contributed by atoms with Crippen LogP contribution >= 0.6 is 0 Å². The summed E-state index contributed by atoms with van der Waals surface area (Å²) in [5.74, 6) is 0.246. The second kappa shape index (κ2) is 6.34. The van der Waals surface area contributed by atoms with Crippen molar-refractivity contribution in [2.45, 2.75) is 51.6 Å². The van der Waals surface area contributed by atoms with Crippen molar-refractivity contribution in [1.29, 1.82) is 0 Å². The van der Waals surface area contributed by atoms with Crippen LogP contribution in [-0.2, 0) is 9.59 Å². The summed E-state index contributed by atoms with van der Waals surface area (Å²) < 4.78 is 0. The highest BCUT2D eigenvalue weighted by Crippen LogP contribution is 2.30. The van der Waals surface area contributed by atoms with Gasteiger partial charge in [0.05, 0.1) is 11.5 Å². The van der Waals surface area contributed by atoms with Gasteiger partial charge in [0.15, 0.2) is 0 Å². The molecule has 21 heavy (non-hydrogen) atoms. The van der Waals surface area contributed by atoms with Gasteiger partial charge < -0.3 is 14.9 Å². The van der Waals surface area contributed by atoms with Gasteiger partial charge in [-0.3, -0.25) is 9.59 Å². The predicted molar refractivity (Wildman–Crippen MR) is 80.6 cm³/mol. The summed E-state index contributed by atoms with van der Waals surface area (Å²) in [6.07, 6.45) is 3.92. The summed E-state index contributed by atoms with van der Waals surface area (Å²) in [6.45, 7) is 5.78. The van der Waals surface area contributed by atoms with E-state index in [2.05, 4.69) is 13.8 Å². The molecule has 1 aliphatic carbocycles. The first kappa shape index (κ1) is 16.3. The van der Waals surface area contributed by atoms with E-state index in [0.717, 1.165) is 32.2 Å². The van der Waals surface area contributed by atoms with Gasteiger partial charge in [0.1, 0.15) is 0 Å². The first-order valence-electron chi connectivity index (χ1n) is 8.06. The predicted octanol–water partition coefficient (Wildman–Crippen LogP) is 1.25. The Bertz CT molecular complexity index is 402. The summed E-state index contributed by atoms with van der Waals surface area (Å²) in [6, 6.07) is 0. The van der Waals surface area contributed by atoms with Crippen LogP contribution in [0.1, 0.15) is 46.0 Å². The molecule has 1 aliphatic heterocycles. The van der Waals surface area contributed by atoms with E-state index < -0.39 is 5.60 Å². The van der Waals surface area contributed by atoms with Crippen LogP contribution in [0.15, 0.2) is 0 Å². The minimum absolute atomic E-state index is 0.00469. The van der Waals surface area contributed by atoms with Crippen LogP contribution in [0.3, 0.4) is 0 Å². The third-order valence-electron chi connectivity index (χ3n) is 4.59. The number of hydrogen-bond donors (Lipinski definition) is 1. The highest BCUT2D eigenvalue weighted by atomic mass is 16.3. The summed E-state index contributed by atoms with van der Waals surface area (Å²) in [4.78, 5) is 27.9. The molecule has 5 heteroatoms. The number of hydrogen-bond acceptors (Lipinski definition) is 3. The van der Waals surface area contributed by atoms with E-state index >= 15 is 0 Å². The first-order valence-corrected chi connectivity index (χ1v) is 8.06. The van der Waals surface area contributed by atoms with Crippen molar-refractivity contribution in [3.05, 3.63) is 0 Å². The Hall–Kier alpha value is -1.10. The zero-order valence-electron chi connectivity index (χ0n) is 13.5. The van der Waals surface area contributed by atoms with E-state index in [1.165, 1.54) is 0 Å². The fraction of sp³-hybridized carbons (Fsp3) is 0.875. The lowest BCUT2D eigenvalue weighted by molar-refractivity contribution is -0.137. The molecule has 1 atom stereocenters. The first-order chi connectivity index (χ1) is 9.81. The van der Waals surface area contributed by atoms with Gasteiger partial charge in [0.25, 0.3) is 0 Å². The highest BCUT2D eigenvalue weighted by molar-refractivity contribution is 5.89. The van der Waals surface area contributed by atoms with Gasteiger partial charge in [0.2, 0.25) is 11.8 Å². The third kappa shape index (κ3) is 3.96. The normalized spacial score (nSPS) is 24.9. The minimum atomic E-state index is -0.718. The van der Waals surface area contributed by atoms with E-state index in [-0.39, 0.29) is 17.7 Å². The number of amides is 2. The van der Waals surface area contributed by atoms with Crippen molar-refractivity contribution in [3.63, 3.8) is 0 Å². The van der Waals surface area contributed by atoms with Gasteiger partial charge >= 0.3 is 0 Å². The van der Waals surface area contributed by atoms with E-state index in [4.69, 9.17) is 0 Å². The Morgan fingerprint density at radius 2 is 2.05 bits per heavy atom. The van der Waals surface area contributed by atoms with E-state index in [1.807, 2.05) is 0 Å². The third-order valence-corrected chi connectivity index (χ3v) is 4.59. The lowest BCUT2D eigenvalue weighted by Crippen LogP contribution is -2.44. The standard InChI is InChI=1S/C16H28N2O3/c1-12(2)9-18-10-13(8-14(18)19)15(20)17(3)11-16(21)6-4-5-7-16/h12-13,21H,4-11H2,1-3H3. The molecule has 0 spiro atoms. The number of carbonyl (C=O) groups is 2. The van der Waals surface area contributed by atoms with Crippen molar-refractivity contribution in [2.24, 2.45) is 11.8 Å². The van der Waals surface area contributed by atoms with E-state index in [1.54, 1.807) is 16.8 Å². The molecule has 0 aromatic heterocycles. The molecule has 120 valence electrons. The molecule has 2 aliphatic rings. The van der Waals surface area contributed by atoms with Crippen molar-refractivity contribution in [1.82, 2.24) is 9.80 Å². The molecule has 0 bridgehead atoms. The zero-order chi connectivity index (χ0) is 15.6. The summed E-state index contributed by atoms with van der Waals surface area (Å²) in [5.41, 5.74) is -0.718. The largest absolute Gasteiger partial charge is 0.388 e. The number of carbonyl (C=O) groups excluding carboxylic acids is 2. The molecular formula is C16H28N2O3. The van der Waals surface area contributed by atoms with Crippen LogP contribution in [0.5, 0.6) is 0 Å². The van der Waals surface area contributed by atoms with Gasteiger partial charge in [-0.05, 0) is 18.8 Å². The molecule has 1 N–H and O–H groups in total. The van der Waals surface area contributed by atoms with Crippen LogP contribution in [0.25, 0.3) is 0 Å². The van der Waals surface area contributed by atoms with Gasteiger partial charge in [-0.15, -0.1) is 0 Å². The van der Waals surface area contributed by atoms with Crippen molar-refractivity contribution < 1.29 is 14.7 Å². The van der Waals surface area contributed by atoms with Crippen molar-refractivity contribution in [3.8, 4) is 0 Å². The molecule has 1 saturated carbocycles. The van der Waals surface area contributed by atoms with Gasteiger partial charge in [-0.25, -0.2) is 0 Å². The Morgan fingerprint density at radius 3 is 2.62 bits per heavy atom. The van der Waals surface area contributed by atoms with E-state index in [9.17, 15) is 14.7 Å². The quantitative estimate of drug-likeness (QED) is 0.831. The fourth-order valence-electron chi connectivity index (χ4n) is 3.58. The number of aliphatic hydroxyl groups is 1. The lowest BCUT2D eigenvalue weighted by Gasteiger charge is -2.30. The van der Waals surface area contributed by atoms with Gasteiger partial charge in [-0.2, -0.15) is 0 Å². The topological polar surface area (TPSA) is 60.9 Å². The molecule has 0 aromatic carbocycles. The molecule has 1 heterocycles. The van der Waals surface area contributed by atoms with Crippen LogP contribution in [0, 0.1) is 11.8 Å². The van der Waals surface area contributed by atoms with Crippen LogP contribution in [0.2, 0.25) is 0 Å². The average Bonchev–Trinajstić information content (AvgIpc) is 2.95. The lowest BCUT2D eigenvalue weighted by atomic mass is 10.0. The van der Waals surface area contributed by atoms with Gasteiger partial charge in [0, 0.05) is 33.1 Å². The molecule has 5 nitrogen and oxygen atoms in total. The monoisotopic (exact) mass is 296 g/mol. The molecular weight excluding hydrogens is 268 g/mol. The maximum Gasteiger partial charge on any atom is 0.227 e. The van der Waals surface area contributed by atoms with Crippen LogP contribution < -0.4 is 0 Å². The summed E-state index contributed by atoms with van der Waals surface area (Å²) in [7, 11) is 1.74. The van der Waals surface area contributed by atoms with E-state index in [0.29, 0.717) is 25.4 Å². The summed E-state index contributed by atoms with van der Waals surface area (Å²) >= 11 is 0. The Kier molecular flexibility index (Phi) is 4.91. The molecule has 1 unspecified atom stereocenters. The molecule has 2 fully saturated rings. The molecule has 2 rings (SSSR count). The Labute approximate surface area is 127 Å². The number of nitrogens with zero attached hydrogens (tertiary/aromatic N) is 2. The number of rotatable bonds is 5. The summed E-state index contributed by atoms with van der Waals surface area (Å²) in [5, 5.41) is 10.4. The van der Waals surface area contributed by atoms with Crippen LogP contribution in [-0.4, -0.2) is 59.0 Å². The SMILES string of the molecule is CC(C)CN1CC(C(=O)N(C)CC2(O)CCCC2)CC1=O. The fourth-order valence-corrected chi connectivity index (χ4v) is 3.58. The second-order valence-electron chi connectivity index (χ2n) is 7.22. The van der Waals surface area contributed by atoms with Crippen LogP contribution in [0.4, 0.5) is 0 Å². The van der Waals surface area contributed by atoms with Gasteiger partial charge in [-0.1, -0.05) is 26.7 Å². The molecule has 0 aromatic rings. The molecule has 2 amide bonds. The highest BCUT2D eigenvalue weighted by Gasteiger charge is 2.39. The molecule has 1 saturated heterocycles. The average molecular weight is 296 g/mol. The Balaban J connectivity index is 1.89. The van der Waals surface area contributed by atoms with Crippen molar-refractivity contribution >= 4 is 11.8 Å². The molecule has 0 radical (unpaired) electrons. The zero-order valence-corrected chi connectivity index (χ0v) is 13.5. The minimum Gasteiger partial charge on any atom is -0.388 e. The second-order valence-corrected chi connectivity index (χ2v) is 7.22. The maximum atomic E-state index is 12.5. The Morgan fingerprint density at radius 1 is 1.43 bits per heavy atom.